The van der Waals surface area contributed by atoms with Crippen molar-refractivity contribution in [2.45, 2.75) is 18.3 Å². The molecule has 0 aliphatic rings. The number of hydrogen-bond acceptors (Lipinski definition) is 5. The van der Waals surface area contributed by atoms with Crippen LogP contribution in [0.15, 0.2) is 121 Å². The molecule has 0 fully saturated rings. The molecule has 0 saturated heterocycles. The van der Waals surface area contributed by atoms with E-state index in [1.165, 1.54) is 0 Å². The summed E-state index contributed by atoms with van der Waals surface area (Å²) in [5, 5.41) is 0. The van der Waals surface area contributed by atoms with Gasteiger partial charge in [0.1, 0.15) is 11.7 Å². The van der Waals surface area contributed by atoms with Gasteiger partial charge in [0.05, 0.1) is 26.1 Å². The summed E-state index contributed by atoms with van der Waals surface area (Å²) < 4.78 is 41.6. The first-order chi connectivity index (χ1) is 17.5. The summed E-state index contributed by atoms with van der Waals surface area (Å²) >= 11 is 0. The Morgan fingerprint density at radius 3 is 1.47 bits per heavy atom. The molecule has 4 aromatic carbocycles. The van der Waals surface area contributed by atoms with Gasteiger partial charge in [-0.15, -0.1) is 0 Å². The molecule has 0 amide bonds. The van der Waals surface area contributed by atoms with Crippen LogP contribution in [0, 0.1) is 0 Å². The summed E-state index contributed by atoms with van der Waals surface area (Å²) in [7, 11) is -3.65. The zero-order valence-electron chi connectivity index (χ0n) is 20.2. The van der Waals surface area contributed by atoms with Crippen molar-refractivity contribution < 1.29 is 22.1 Å². The Balaban J connectivity index is 1.70. The summed E-state index contributed by atoms with van der Waals surface area (Å²) in [6.07, 6.45) is 0.403. The summed E-state index contributed by atoms with van der Waals surface area (Å²) in [4.78, 5) is 0. The zero-order valence-corrected chi connectivity index (χ0v) is 21.0. The molecule has 4 aromatic rings. The molecule has 6 heteroatoms. The van der Waals surface area contributed by atoms with E-state index in [1.54, 1.807) is 0 Å². The van der Waals surface area contributed by atoms with E-state index in [1.807, 2.05) is 121 Å². The smallest absolute Gasteiger partial charge is 0.264 e. The van der Waals surface area contributed by atoms with Gasteiger partial charge in [0.25, 0.3) is 10.1 Å². The second-order valence-electron chi connectivity index (χ2n) is 8.50. The van der Waals surface area contributed by atoms with Crippen molar-refractivity contribution in [3.63, 3.8) is 0 Å². The molecule has 186 valence electrons. The molecule has 0 saturated carbocycles. The molecule has 4 rings (SSSR count). The molecule has 36 heavy (non-hydrogen) atoms. The molecule has 1 unspecified atom stereocenters. The van der Waals surface area contributed by atoms with E-state index in [0.29, 0.717) is 6.61 Å². The van der Waals surface area contributed by atoms with E-state index < -0.39 is 21.8 Å². The fraction of sp³-hybridized carbons (Fsp3) is 0.200. The van der Waals surface area contributed by atoms with Crippen molar-refractivity contribution in [2.24, 2.45) is 0 Å². The number of ether oxygens (including phenoxy) is 2. The van der Waals surface area contributed by atoms with Gasteiger partial charge in [-0.25, -0.2) is 0 Å². The van der Waals surface area contributed by atoms with E-state index in [2.05, 4.69) is 0 Å². The Bertz CT molecular complexity index is 1200. The predicted molar refractivity (Wildman–Crippen MR) is 141 cm³/mol. The summed E-state index contributed by atoms with van der Waals surface area (Å²) in [5.41, 5.74) is 2.89. The molecule has 0 bridgehead atoms. The minimum Gasteiger partial charge on any atom is -0.369 e. The van der Waals surface area contributed by atoms with Crippen LogP contribution in [-0.4, -0.2) is 34.0 Å². The largest absolute Gasteiger partial charge is 0.369 e. The maximum absolute atomic E-state index is 11.8. The lowest BCUT2D eigenvalue weighted by Gasteiger charge is -2.37. The van der Waals surface area contributed by atoms with Crippen LogP contribution >= 0.6 is 0 Å². The van der Waals surface area contributed by atoms with Crippen molar-refractivity contribution in [1.82, 2.24) is 0 Å². The highest BCUT2D eigenvalue weighted by atomic mass is 32.2. The van der Waals surface area contributed by atoms with Crippen LogP contribution in [0.1, 0.15) is 22.3 Å². The van der Waals surface area contributed by atoms with Gasteiger partial charge >= 0.3 is 0 Å². The van der Waals surface area contributed by atoms with Crippen molar-refractivity contribution in [3.8, 4) is 0 Å². The first-order valence-corrected chi connectivity index (χ1v) is 13.6. The lowest BCUT2D eigenvalue weighted by molar-refractivity contribution is -0.0819. The van der Waals surface area contributed by atoms with Crippen molar-refractivity contribution in [1.29, 1.82) is 0 Å². The molecular formula is C30H30O5S. The van der Waals surface area contributed by atoms with E-state index in [9.17, 15) is 8.42 Å². The van der Waals surface area contributed by atoms with Crippen LogP contribution in [0.3, 0.4) is 0 Å². The van der Waals surface area contributed by atoms with Crippen molar-refractivity contribution >= 4 is 10.1 Å². The fourth-order valence-corrected chi connectivity index (χ4v) is 4.52. The average Bonchev–Trinajstić information content (AvgIpc) is 2.92. The molecule has 1 atom stereocenters. The monoisotopic (exact) mass is 502 g/mol. The Labute approximate surface area is 213 Å². The highest BCUT2D eigenvalue weighted by molar-refractivity contribution is 7.85. The second-order valence-corrected chi connectivity index (χ2v) is 10.1. The molecule has 0 radical (unpaired) electrons. The molecule has 5 nitrogen and oxygen atoms in total. The van der Waals surface area contributed by atoms with Gasteiger partial charge in [-0.3, -0.25) is 4.18 Å². The SMILES string of the molecule is CS(=O)(=O)OCC(COC(c1ccccc1)(c1ccccc1)c1ccccc1)OCc1ccccc1. The van der Waals surface area contributed by atoms with Crippen LogP contribution in [0.25, 0.3) is 0 Å². The average molecular weight is 503 g/mol. The van der Waals surface area contributed by atoms with Crippen LogP contribution in [0.2, 0.25) is 0 Å². The standard InChI is InChI=1S/C30H30O5S/c1-36(31,32)35-24-29(33-22-25-14-6-2-7-15-25)23-34-30(26-16-8-3-9-17-26,27-18-10-4-11-19-27)28-20-12-5-13-21-28/h2-21,29H,22-24H2,1H3. The Kier molecular flexibility index (Phi) is 8.67. The maximum atomic E-state index is 11.8. The number of hydrogen-bond donors (Lipinski definition) is 0. The van der Waals surface area contributed by atoms with Gasteiger partial charge in [-0.1, -0.05) is 121 Å². The lowest BCUT2D eigenvalue weighted by Crippen LogP contribution is -2.37. The molecular weight excluding hydrogens is 472 g/mol. The summed E-state index contributed by atoms with van der Waals surface area (Å²) in [6.45, 7) is 0.248. The molecule has 0 heterocycles. The Hall–Kier alpha value is -3.29. The van der Waals surface area contributed by atoms with Crippen LogP contribution in [0.5, 0.6) is 0 Å². The topological polar surface area (TPSA) is 61.8 Å². The van der Waals surface area contributed by atoms with Gasteiger partial charge in [0.2, 0.25) is 0 Å². The third-order valence-corrected chi connectivity index (χ3v) is 6.39. The lowest BCUT2D eigenvalue weighted by atomic mass is 9.80. The molecule has 0 spiro atoms. The van der Waals surface area contributed by atoms with Crippen LogP contribution in [0.4, 0.5) is 0 Å². The minimum atomic E-state index is -3.65. The van der Waals surface area contributed by atoms with E-state index in [-0.39, 0.29) is 13.2 Å². The van der Waals surface area contributed by atoms with Gasteiger partial charge in [0, 0.05) is 0 Å². The van der Waals surface area contributed by atoms with Crippen LogP contribution < -0.4 is 0 Å². The summed E-state index contributed by atoms with van der Waals surface area (Å²) in [5.74, 6) is 0. The second kappa shape index (κ2) is 12.1. The molecule has 0 aliphatic heterocycles. The highest BCUT2D eigenvalue weighted by Crippen LogP contribution is 2.40. The van der Waals surface area contributed by atoms with Gasteiger partial charge < -0.3 is 9.47 Å². The zero-order chi connectivity index (χ0) is 25.3. The van der Waals surface area contributed by atoms with Gasteiger partial charge in [-0.05, 0) is 22.3 Å². The summed E-state index contributed by atoms with van der Waals surface area (Å²) in [6, 6.07) is 39.7. The third kappa shape index (κ3) is 6.68. The van der Waals surface area contributed by atoms with E-state index in [0.717, 1.165) is 28.5 Å². The maximum Gasteiger partial charge on any atom is 0.264 e. The third-order valence-electron chi connectivity index (χ3n) is 5.82. The first-order valence-electron chi connectivity index (χ1n) is 11.8. The highest BCUT2D eigenvalue weighted by Gasteiger charge is 2.38. The first kappa shape index (κ1) is 25.8. The predicted octanol–water partition coefficient (Wildman–Crippen LogP) is 5.56. The molecule has 0 N–H and O–H groups in total. The number of benzene rings is 4. The Morgan fingerprint density at radius 1 is 0.639 bits per heavy atom. The van der Waals surface area contributed by atoms with Gasteiger partial charge in [0.15, 0.2) is 0 Å². The minimum absolute atomic E-state index is 0.0983. The van der Waals surface area contributed by atoms with Crippen LogP contribution in [-0.2, 0) is 36.0 Å². The van der Waals surface area contributed by atoms with Crippen molar-refractivity contribution in [3.05, 3.63) is 144 Å². The van der Waals surface area contributed by atoms with E-state index >= 15 is 0 Å². The van der Waals surface area contributed by atoms with Crippen molar-refractivity contribution in [2.75, 3.05) is 19.5 Å². The quantitative estimate of drug-likeness (QED) is 0.188. The van der Waals surface area contributed by atoms with Gasteiger partial charge in [-0.2, -0.15) is 8.42 Å². The fourth-order valence-electron chi connectivity index (χ4n) is 4.12. The van der Waals surface area contributed by atoms with E-state index in [4.69, 9.17) is 13.7 Å². The molecule has 0 aliphatic carbocycles. The normalized spacial score (nSPS) is 12.8. The molecule has 0 aromatic heterocycles. The Morgan fingerprint density at radius 2 is 1.06 bits per heavy atom. The number of rotatable bonds is 12.